The Morgan fingerprint density at radius 1 is 1.29 bits per heavy atom. The first-order valence-electron chi connectivity index (χ1n) is 8.30. The van der Waals surface area contributed by atoms with Crippen LogP contribution in [0.5, 0.6) is 0 Å². The fraction of sp³-hybridized carbons (Fsp3) is 0.556. The van der Waals surface area contributed by atoms with E-state index in [4.69, 9.17) is 28.6 Å². The van der Waals surface area contributed by atoms with E-state index in [1.54, 1.807) is 0 Å². The highest BCUT2D eigenvalue weighted by Crippen LogP contribution is 2.26. The van der Waals surface area contributed by atoms with E-state index in [0.29, 0.717) is 29.9 Å². The molecule has 6 heteroatoms. The van der Waals surface area contributed by atoms with Crippen molar-refractivity contribution in [2.24, 2.45) is 5.92 Å². The molecule has 1 N–H and O–H groups in total. The first kappa shape index (κ1) is 20.8. The zero-order chi connectivity index (χ0) is 18.3. The average molecular weight is 374 g/mol. The van der Waals surface area contributed by atoms with Gasteiger partial charge < -0.3 is 10.1 Å². The Labute approximate surface area is 153 Å². The maximum Gasteiger partial charge on any atom is 0.227 e. The van der Waals surface area contributed by atoms with Gasteiger partial charge in [0, 0.05) is 17.4 Å². The summed E-state index contributed by atoms with van der Waals surface area (Å²) in [7, 11) is 0. The summed E-state index contributed by atoms with van der Waals surface area (Å²) in [5.41, 5.74) is 0.754. The zero-order valence-electron chi connectivity index (χ0n) is 14.6. The van der Waals surface area contributed by atoms with E-state index in [-0.39, 0.29) is 28.6 Å². The number of nitrogens with one attached hydrogen (secondary N) is 1. The molecular weight excluding hydrogens is 349 g/mol. The van der Waals surface area contributed by atoms with Crippen LogP contribution in [0.2, 0.25) is 5.02 Å². The second-order valence-corrected chi connectivity index (χ2v) is 6.67. The summed E-state index contributed by atoms with van der Waals surface area (Å²) in [6.45, 7) is 7.80. The van der Waals surface area contributed by atoms with E-state index in [9.17, 15) is 9.18 Å². The monoisotopic (exact) mass is 373 g/mol. The lowest BCUT2D eigenvalue weighted by atomic mass is 10.0. The predicted octanol–water partition coefficient (Wildman–Crippen LogP) is 5.54. The van der Waals surface area contributed by atoms with Crippen molar-refractivity contribution >= 4 is 40.5 Å². The number of carbonyl (C=O) groups excluding carboxylic acids is 1. The third kappa shape index (κ3) is 6.02. The van der Waals surface area contributed by atoms with Gasteiger partial charge in [0.25, 0.3) is 0 Å². The van der Waals surface area contributed by atoms with Crippen LogP contribution < -0.4 is 5.32 Å². The van der Waals surface area contributed by atoms with E-state index >= 15 is 0 Å². The molecule has 1 aromatic rings. The van der Waals surface area contributed by atoms with E-state index in [0.717, 1.165) is 6.42 Å². The van der Waals surface area contributed by atoms with Gasteiger partial charge in [-0.1, -0.05) is 32.4 Å². The maximum atomic E-state index is 14.1. The molecule has 0 bridgehead atoms. The van der Waals surface area contributed by atoms with Crippen LogP contribution in [0.15, 0.2) is 12.1 Å². The van der Waals surface area contributed by atoms with E-state index < -0.39 is 5.82 Å². The Bertz CT molecular complexity index is 591. The Hall–Kier alpha value is -1.20. The van der Waals surface area contributed by atoms with Gasteiger partial charge in [-0.2, -0.15) is 0 Å². The molecule has 3 nitrogen and oxygen atoms in total. The number of hydrogen-bond acceptors (Lipinski definition) is 3. The van der Waals surface area contributed by atoms with Crippen molar-refractivity contribution in [3.8, 4) is 0 Å². The highest BCUT2D eigenvalue weighted by Gasteiger charge is 2.18. The van der Waals surface area contributed by atoms with Gasteiger partial charge in [0.15, 0.2) is 5.05 Å². The molecule has 134 valence electrons. The Balaban J connectivity index is 2.92. The summed E-state index contributed by atoms with van der Waals surface area (Å²) in [4.78, 5) is 12.2. The van der Waals surface area contributed by atoms with Gasteiger partial charge in [0.05, 0.1) is 11.8 Å². The van der Waals surface area contributed by atoms with Crippen LogP contribution in [0.1, 0.15) is 52.5 Å². The molecule has 1 aromatic carbocycles. The number of anilines is 1. The highest BCUT2D eigenvalue weighted by molar-refractivity contribution is 7.80. The normalized spacial score (nSPS) is 12.1. The summed E-state index contributed by atoms with van der Waals surface area (Å²) in [6.07, 6.45) is 2.57. The fourth-order valence-corrected chi connectivity index (χ4v) is 2.76. The summed E-state index contributed by atoms with van der Waals surface area (Å²) >= 11 is 11.3. The topological polar surface area (TPSA) is 38.3 Å². The number of hydrogen-bond donors (Lipinski definition) is 1. The van der Waals surface area contributed by atoms with Crippen LogP contribution in [0.4, 0.5) is 10.1 Å². The third-order valence-corrected chi connectivity index (χ3v) is 4.59. The van der Waals surface area contributed by atoms with E-state index in [1.807, 2.05) is 27.7 Å². The van der Waals surface area contributed by atoms with Crippen LogP contribution in [0, 0.1) is 11.7 Å². The molecule has 0 fully saturated rings. The number of halogens is 2. The number of ether oxygens (including phenoxy) is 1. The molecule has 0 spiro atoms. The Morgan fingerprint density at radius 2 is 1.92 bits per heavy atom. The number of thiocarbonyl (C=S) groups is 1. The molecule has 1 atom stereocenters. The zero-order valence-corrected chi connectivity index (χ0v) is 16.2. The number of carbonyl (C=O) groups is 1. The number of amides is 1. The van der Waals surface area contributed by atoms with Crippen molar-refractivity contribution in [2.45, 2.75) is 59.5 Å². The second kappa shape index (κ2) is 9.94. The molecule has 0 aromatic heterocycles. The molecule has 0 saturated carbocycles. The molecule has 0 radical (unpaired) electrons. The predicted molar refractivity (Wildman–Crippen MR) is 101 cm³/mol. The SMILES string of the molecule is CCC(C)OC(=S)Cc1cc(NC(=O)C(CC)CC)c(F)cc1Cl. The summed E-state index contributed by atoms with van der Waals surface area (Å²) in [5, 5.41) is 3.31. The second-order valence-electron chi connectivity index (χ2n) is 5.81. The fourth-order valence-electron chi connectivity index (χ4n) is 2.22. The first-order chi connectivity index (χ1) is 11.3. The summed E-state index contributed by atoms with van der Waals surface area (Å²) in [5.74, 6) is -0.888. The largest absolute Gasteiger partial charge is 0.484 e. The minimum Gasteiger partial charge on any atom is -0.484 e. The van der Waals surface area contributed by atoms with Gasteiger partial charge in [-0.25, -0.2) is 4.39 Å². The quantitative estimate of drug-likeness (QED) is 0.608. The molecule has 24 heavy (non-hydrogen) atoms. The molecule has 0 saturated heterocycles. The average Bonchev–Trinajstić information content (AvgIpc) is 2.52. The lowest BCUT2D eigenvalue weighted by Gasteiger charge is -2.16. The molecular formula is C18H25ClFNO2S. The molecule has 0 aliphatic heterocycles. The minimum atomic E-state index is -0.559. The van der Waals surface area contributed by atoms with Crippen LogP contribution in [0.3, 0.4) is 0 Å². The maximum absolute atomic E-state index is 14.1. The van der Waals surface area contributed by atoms with Crippen LogP contribution in [-0.2, 0) is 16.0 Å². The van der Waals surface area contributed by atoms with Crippen LogP contribution in [-0.4, -0.2) is 17.1 Å². The van der Waals surface area contributed by atoms with Crippen molar-refractivity contribution in [1.82, 2.24) is 0 Å². The highest BCUT2D eigenvalue weighted by atomic mass is 35.5. The van der Waals surface area contributed by atoms with Crippen molar-refractivity contribution in [3.63, 3.8) is 0 Å². The molecule has 1 amide bonds. The van der Waals surface area contributed by atoms with Gasteiger partial charge >= 0.3 is 0 Å². The van der Waals surface area contributed by atoms with Crippen LogP contribution in [0.25, 0.3) is 0 Å². The number of benzene rings is 1. The van der Waals surface area contributed by atoms with E-state index in [2.05, 4.69) is 5.32 Å². The summed E-state index contributed by atoms with van der Waals surface area (Å²) in [6, 6.07) is 2.73. The number of rotatable bonds is 8. The minimum absolute atomic E-state index is 0.0192. The Morgan fingerprint density at radius 3 is 2.46 bits per heavy atom. The van der Waals surface area contributed by atoms with E-state index in [1.165, 1.54) is 12.1 Å². The lowest BCUT2D eigenvalue weighted by molar-refractivity contribution is -0.120. The van der Waals surface area contributed by atoms with Crippen molar-refractivity contribution < 1.29 is 13.9 Å². The lowest BCUT2D eigenvalue weighted by Crippen LogP contribution is -2.22. The molecule has 0 heterocycles. The first-order valence-corrected chi connectivity index (χ1v) is 9.09. The third-order valence-electron chi connectivity index (χ3n) is 3.99. The smallest absolute Gasteiger partial charge is 0.227 e. The van der Waals surface area contributed by atoms with Gasteiger partial charge in [-0.15, -0.1) is 0 Å². The standard InChI is InChI=1S/C18H25ClFNO2S/c1-5-11(4)23-17(24)9-13-8-16(15(20)10-14(13)19)21-18(22)12(6-2)7-3/h8,10-12H,5-7,9H2,1-4H3,(H,21,22). The van der Waals surface area contributed by atoms with Crippen molar-refractivity contribution in [3.05, 3.63) is 28.5 Å². The molecule has 1 unspecified atom stereocenters. The van der Waals surface area contributed by atoms with Gasteiger partial charge in [0.1, 0.15) is 5.82 Å². The van der Waals surface area contributed by atoms with Gasteiger partial charge in [-0.05, 0) is 56.1 Å². The summed E-state index contributed by atoms with van der Waals surface area (Å²) < 4.78 is 19.7. The molecule has 0 aliphatic rings. The molecule has 0 aliphatic carbocycles. The van der Waals surface area contributed by atoms with Gasteiger partial charge in [0.2, 0.25) is 5.91 Å². The van der Waals surface area contributed by atoms with Gasteiger partial charge in [-0.3, -0.25) is 4.79 Å². The molecule has 1 rings (SSSR count). The van der Waals surface area contributed by atoms with Crippen LogP contribution >= 0.6 is 23.8 Å². The van der Waals surface area contributed by atoms with Crippen molar-refractivity contribution in [1.29, 1.82) is 0 Å². The Kier molecular flexibility index (Phi) is 8.63. The van der Waals surface area contributed by atoms with Crippen molar-refractivity contribution in [2.75, 3.05) is 5.32 Å².